The molecule has 0 atom stereocenters. The molecule has 2 heterocycles. The van der Waals surface area contributed by atoms with Gasteiger partial charge in [0.15, 0.2) is 0 Å². The van der Waals surface area contributed by atoms with Crippen LogP contribution >= 0.6 is 11.6 Å². The van der Waals surface area contributed by atoms with Crippen LogP contribution in [0, 0.1) is 6.42 Å². The van der Waals surface area contributed by atoms with Crippen molar-refractivity contribution in [2.75, 3.05) is 18.0 Å². The molecule has 1 aromatic rings. The molecular weight excluding hydrogens is 186 g/mol. The summed E-state index contributed by atoms with van der Waals surface area (Å²) in [5.41, 5.74) is 0. The van der Waals surface area contributed by atoms with Crippen molar-refractivity contribution < 1.29 is 0 Å². The fraction of sp³-hybridized carbons (Fsp3) is 0.444. The molecule has 3 nitrogen and oxygen atoms in total. The maximum Gasteiger partial charge on any atom is 0.224 e. The van der Waals surface area contributed by atoms with Crippen molar-refractivity contribution in [3.05, 3.63) is 24.0 Å². The van der Waals surface area contributed by atoms with Crippen LogP contribution in [0.25, 0.3) is 0 Å². The van der Waals surface area contributed by atoms with Crippen molar-refractivity contribution in [1.82, 2.24) is 9.97 Å². The molecule has 0 aromatic carbocycles. The molecule has 1 aliphatic heterocycles. The zero-order valence-electron chi connectivity index (χ0n) is 7.28. The molecule has 1 radical (unpaired) electrons. The minimum atomic E-state index is 0.326. The van der Waals surface area contributed by atoms with Crippen molar-refractivity contribution >= 4 is 17.4 Å². The lowest BCUT2D eigenvalue weighted by Crippen LogP contribution is -2.30. The van der Waals surface area contributed by atoms with Gasteiger partial charge in [-0.05, 0) is 36.9 Å². The van der Waals surface area contributed by atoms with E-state index in [2.05, 4.69) is 21.3 Å². The Bertz CT molecular complexity index is 284. The Labute approximate surface area is 82.8 Å². The third kappa shape index (κ3) is 2.10. The van der Waals surface area contributed by atoms with Crippen molar-refractivity contribution in [2.45, 2.75) is 12.8 Å². The van der Waals surface area contributed by atoms with Crippen LogP contribution in [0.15, 0.2) is 12.3 Å². The molecule has 1 aromatic heterocycles. The Hall–Kier alpha value is -0.830. The number of aromatic nitrogens is 2. The second-order valence-corrected chi connectivity index (χ2v) is 3.38. The van der Waals surface area contributed by atoms with Gasteiger partial charge < -0.3 is 4.90 Å². The quantitative estimate of drug-likeness (QED) is 0.643. The Morgan fingerprint density at radius 1 is 1.31 bits per heavy atom. The summed E-state index contributed by atoms with van der Waals surface area (Å²) in [5, 5.41) is 0.326. The third-order valence-corrected chi connectivity index (χ3v) is 2.32. The molecule has 1 saturated heterocycles. The fourth-order valence-corrected chi connectivity index (χ4v) is 1.62. The second kappa shape index (κ2) is 3.92. The Morgan fingerprint density at radius 2 is 2.08 bits per heavy atom. The van der Waals surface area contributed by atoms with E-state index in [1.807, 2.05) is 6.07 Å². The number of halogens is 1. The highest BCUT2D eigenvalue weighted by molar-refractivity contribution is 6.28. The van der Waals surface area contributed by atoms with Gasteiger partial charge in [0.25, 0.3) is 0 Å². The lowest BCUT2D eigenvalue weighted by Gasteiger charge is -2.27. The first kappa shape index (κ1) is 8.75. The maximum atomic E-state index is 5.71. The van der Waals surface area contributed by atoms with E-state index in [0.717, 1.165) is 31.7 Å². The lowest BCUT2D eigenvalue weighted by atomic mass is 10.1. The first-order valence-corrected chi connectivity index (χ1v) is 4.79. The van der Waals surface area contributed by atoms with Crippen LogP contribution in [0.1, 0.15) is 12.8 Å². The predicted octanol–water partition coefficient (Wildman–Crippen LogP) is 1.93. The highest BCUT2D eigenvalue weighted by Gasteiger charge is 2.11. The number of hydrogen-bond acceptors (Lipinski definition) is 3. The smallest absolute Gasteiger partial charge is 0.224 e. The second-order valence-electron chi connectivity index (χ2n) is 3.04. The minimum absolute atomic E-state index is 0.326. The molecule has 4 heteroatoms. The van der Waals surface area contributed by atoms with Crippen LogP contribution in [0.5, 0.6) is 0 Å². The molecule has 1 aliphatic rings. The standard InChI is InChI=1S/C9H11ClN3/c10-9-11-5-4-8(12-9)13-6-2-1-3-7-13/h1,4-5H,2-3,6-7H2. The summed E-state index contributed by atoms with van der Waals surface area (Å²) in [6.45, 7) is 2.07. The molecule has 2 rings (SSSR count). The number of nitrogens with zero attached hydrogens (tertiary/aromatic N) is 3. The molecule has 0 N–H and O–H groups in total. The lowest BCUT2D eigenvalue weighted by molar-refractivity contribution is 0.670. The zero-order valence-corrected chi connectivity index (χ0v) is 8.04. The van der Waals surface area contributed by atoms with Gasteiger partial charge in [0, 0.05) is 19.3 Å². The van der Waals surface area contributed by atoms with E-state index in [-0.39, 0.29) is 0 Å². The summed E-state index contributed by atoms with van der Waals surface area (Å²) in [6, 6.07) is 1.90. The maximum absolute atomic E-state index is 5.71. The molecule has 1 fully saturated rings. The zero-order chi connectivity index (χ0) is 9.10. The van der Waals surface area contributed by atoms with Crippen molar-refractivity contribution in [1.29, 1.82) is 0 Å². The van der Waals surface area contributed by atoms with Crippen LogP contribution in [-0.4, -0.2) is 23.1 Å². The summed E-state index contributed by atoms with van der Waals surface area (Å²) < 4.78 is 0. The topological polar surface area (TPSA) is 29.0 Å². The SMILES string of the molecule is Clc1nccc(N2CC[CH]CC2)n1. The van der Waals surface area contributed by atoms with Crippen LogP contribution in [0.3, 0.4) is 0 Å². The van der Waals surface area contributed by atoms with Gasteiger partial charge in [-0.2, -0.15) is 0 Å². The monoisotopic (exact) mass is 196 g/mol. The molecule has 0 unspecified atom stereocenters. The number of hydrogen-bond donors (Lipinski definition) is 0. The van der Waals surface area contributed by atoms with Crippen LogP contribution in [0.4, 0.5) is 5.82 Å². The van der Waals surface area contributed by atoms with E-state index in [4.69, 9.17) is 11.6 Å². The van der Waals surface area contributed by atoms with Crippen LogP contribution in [-0.2, 0) is 0 Å². The largest absolute Gasteiger partial charge is 0.356 e. The number of anilines is 1. The van der Waals surface area contributed by atoms with E-state index in [0.29, 0.717) is 5.28 Å². The Morgan fingerprint density at radius 3 is 2.77 bits per heavy atom. The van der Waals surface area contributed by atoms with Crippen molar-refractivity contribution in [3.63, 3.8) is 0 Å². The first-order chi connectivity index (χ1) is 6.36. The first-order valence-electron chi connectivity index (χ1n) is 4.41. The van der Waals surface area contributed by atoms with Gasteiger partial charge in [0.1, 0.15) is 5.82 Å². The van der Waals surface area contributed by atoms with E-state index >= 15 is 0 Å². The van der Waals surface area contributed by atoms with Crippen LogP contribution < -0.4 is 4.90 Å². The highest BCUT2D eigenvalue weighted by atomic mass is 35.5. The Balaban J connectivity index is 2.14. The molecule has 0 amide bonds. The summed E-state index contributed by atoms with van der Waals surface area (Å²) in [7, 11) is 0. The predicted molar refractivity (Wildman–Crippen MR) is 52.8 cm³/mol. The van der Waals surface area contributed by atoms with Gasteiger partial charge in [-0.25, -0.2) is 9.97 Å². The van der Waals surface area contributed by atoms with Gasteiger partial charge in [-0.1, -0.05) is 0 Å². The normalized spacial score (nSPS) is 17.5. The van der Waals surface area contributed by atoms with E-state index in [9.17, 15) is 0 Å². The molecule has 0 aliphatic carbocycles. The molecule has 69 valence electrons. The highest BCUT2D eigenvalue weighted by Crippen LogP contribution is 2.17. The average molecular weight is 197 g/mol. The van der Waals surface area contributed by atoms with Gasteiger partial charge in [-0.3, -0.25) is 0 Å². The van der Waals surface area contributed by atoms with Gasteiger partial charge in [0.05, 0.1) is 0 Å². The van der Waals surface area contributed by atoms with E-state index < -0.39 is 0 Å². The van der Waals surface area contributed by atoms with E-state index in [1.54, 1.807) is 6.20 Å². The minimum Gasteiger partial charge on any atom is -0.356 e. The van der Waals surface area contributed by atoms with E-state index in [1.165, 1.54) is 0 Å². The molecule has 13 heavy (non-hydrogen) atoms. The van der Waals surface area contributed by atoms with Crippen LogP contribution in [0.2, 0.25) is 5.28 Å². The summed E-state index contributed by atoms with van der Waals surface area (Å²) in [5.74, 6) is 0.938. The molecule has 0 spiro atoms. The van der Waals surface area contributed by atoms with Gasteiger partial charge >= 0.3 is 0 Å². The molecule has 0 bridgehead atoms. The number of piperidine rings is 1. The third-order valence-electron chi connectivity index (χ3n) is 2.14. The summed E-state index contributed by atoms with van der Waals surface area (Å²) in [4.78, 5) is 10.2. The van der Waals surface area contributed by atoms with Gasteiger partial charge in [-0.15, -0.1) is 0 Å². The van der Waals surface area contributed by atoms with Crippen molar-refractivity contribution in [2.24, 2.45) is 0 Å². The number of rotatable bonds is 1. The molecular formula is C9H11ClN3. The average Bonchev–Trinajstić information content (AvgIpc) is 2.19. The fourth-order valence-electron chi connectivity index (χ4n) is 1.48. The summed E-state index contributed by atoms with van der Waals surface area (Å²) in [6.07, 6.45) is 6.26. The Kier molecular flexibility index (Phi) is 2.64. The van der Waals surface area contributed by atoms with Gasteiger partial charge in [0.2, 0.25) is 5.28 Å². The van der Waals surface area contributed by atoms with Crippen molar-refractivity contribution in [3.8, 4) is 0 Å². The molecule has 0 saturated carbocycles. The summed E-state index contributed by atoms with van der Waals surface area (Å²) >= 11 is 5.71.